The largest absolute Gasteiger partial charge is 0.384 e. The lowest BCUT2D eigenvalue weighted by molar-refractivity contribution is 0.0989. The van der Waals surface area contributed by atoms with Crippen molar-refractivity contribution >= 4 is 21.3 Å². The fourth-order valence-corrected chi connectivity index (χ4v) is 2.79. The second-order valence-corrected chi connectivity index (χ2v) is 6.93. The van der Waals surface area contributed by atoms with E-state index in [2.05, 4.69) is 5.32 Å². The number of rotatable bonds is 5. The molecule has 1 N–H and O–H groups in total. The monoisotopic (exact) mass is 267 g/mol. The Morgan fingerprint density at radius 3 is 2.89 bits per heavy atom. The molecule has 0 radical (unpaired) electrons. The fourth-order valence-electron chi connectivity index (χ4n) is 2.00. The number of ketones is 1. The van der Waals surface area contributed by atoms with Crippen LogP contribution in [0.2, 0.25) is 0 Å². The number of nitrogens with one attached hydrogen (secondary N) is 1. The van der Waals surface area contributed by atoms with E-state index in [9.17, 15) is 13.2 Å². The molecule has 98 valence electrons. The highest BCUT2D eigenvalue weighted by Gasteiger charge is 2.15. The van der Waals surface area contributed by atoms with Crippen LogP contribution in [0.25, 0.3) is 0 Å². The van der Waals surface area contributed by atoms with E-state index in [4.69, 9.17) is 0 Å². The Labute approximate surface area is 107 Å². The molecular weight excluding hydrogens is 250 g/mol. The van der Waals surface area contributed by atoms with Crippen molar-refractivity contribution in [1.82, 2.24) is 0 Å². The van der Waals surface area contributed by atoms with Gasteiger partial charge in [0, 0.05) is 30.0 Å². The van der Waals surface area contributed by atoms with Gasteiger partial charge < -0.3 is 5.32 Å². The average Bonchev–Trinajstić information content (AvgIpc) is 2.83. The number of Topliss-reactive ketones (excluding diaryl/α,β-unsaturated/α-hetero) is 1. The molecule has 0 aromatic heterocycles. The maximum atomic E-state index is 11.9. The molecule has 0 aliphatic carbocycles. The van der Waals surface area contributed by atoms with E-state index in [1.165, 1.54) is 5.56 Å². The lowest BCUT2D eigenvalue weighted by atomic mass is 10.0. The van der Waals surface area contributed by atoms with Gasteiger partial charge in [-0.15, -0.1) is 0 Å². The van der Waals surface area contributed by atoms with Gasteiger partial charge in [0.2, 0.25) is 0 Å². The molecule has 2 rings (SSSR count). The SMILES string of the molecule is CCS(=O)(=O)CCC(=O)c1ccc2c(c1)NCC2. The topological polar surface area (TPSA) is 63.2 Å². The van der Waals surface area contributed by atoms with Crippen LogP contribution in [0.5, 0.6) is 0 Å². The number of benzene rings is 1. The molecule has 0 spiro atoms. The van der Waals surface area contributed by atoms with Crippen LogP contribution in [-0.4, -0.2) is 32.3 Å². The van der Waals surface area contributed by atoms with Gasteiger partial charge in [-0.05, 0) is 18.1 Å². The quantitative estimate of drug-likeness (QED) is 0.824. The fraction of sp³-hybridized carbons (Fsp3) is 0.462. The Morgan fingerprint density at radius 1 is 1.39 bits per heavy atom. The molecule has 5 heteroatoms. The Kier molecular flexibility index (Phi) is 3.71. The van der Waals surface area contributed by atoms with Crippen molar-refractivity contribution in [2.75, 3.05) is 23.4 Å². The summed E-state index contributed by atoms with van der Waals surface area (Å²) in [6.45, 7) is 2.50. The third kappa shape index (κ3) is 2.90. The number of hydrogen-bond acceptors (Lipinski definition) is 4. The smallest absolute Gasteiger partial charge is 0.163 e. The summed E-state index contributed by atoms with van der Waals surface area (Å²) in [5, 5.41) is 3.21. The number of fused-ring (bicyclic) bond motifs is 1. The maximum Gasteiger partial charge on any atom is 0.163 e. The van der Waals surface area contributed by atoms with Crippen molar-refractivity contribution in [3.63, 3.8) is 0 Å². The van der Waals surface area contributed by atoms with E-state index in [-0.39, 0.29) is 23.7 Å². The highest BCUT2D eigenvalue weighted by Crippen LogP contribution is 2.23. The predicted octanol–water partition coefficient (Wildman–Crippen LogP) is 1.66. The molecule has 1 aromatic rings. The van der Waals surface area contributed by atoms with Crippen LogP contribution in [0.4, 0.5) is 5.69 Å². The van der Waals surface area contributed by atoms with E-state index < -0.39 is 9.84 Å². The number of anilines is 1. The number of hydrogen-bond donors (Lipinski definition) is 1. The molecular formula is C13H17NO3S. The van der Waals surface area contributed by atoms with Gasteiger partial charge in [0.25, 0.3) is 0 Å². The first kappa shape index (κ1) is 13.1. The minimum Gasteiger partial charge on any atom is -0.384 e. The summed E-state index contributed by atoms with van der Waals surface area (Å²) in [4.78, 5) is 11.9. The predicted molar refractivity (Wildman–Crippen MR) is 71.9 cm³/mol. The van der Waals surface area contributed by atoms with E-state index in [0.29, 0.717) is 5.56 Å². The molecule has 0 fully saturated rings. The molecule has 0 unspecified atom stereocenters. The van der Waals surface area contributed by atoms with E-state index >= 15 is 0 Å². The molecule has 0 saturated heterocycles. The second-order valence-electron chi connectivity index (χ2n) is 4.46. The lowest BCUT2D eigenvalue weighted by Crippen LogP contribution is -2.13. The van der Waals surface area contributed by atoms with Gasteiger partial charge in [0.1, 0.15) is 9.84 Å². The molecule has 1 heterocycles. The highest BCUT2D eigenvalue weighted by molar-refractivity contribution is 7.91. The molecule has 1 aliphatic rings. The highest BCUT2D eigenvalue weighted by atomic mass is 32.2. The first-order valence-corrected chi connectivity index (χ1v) is 7.94. The summed E-state index contributed by atoms with van der Waals surface area (Å²) < 4.78 is 22.7. The average molecular weight is 267 g/mol. The van der Waals surface area contributed by atoms with Crippen LogP contribution in [0.15, 0.2) is 18.2 Å². The molecule has 1 aromatic carbocycles. The molecule has 0 saturated carbocycles. The van der Waals surface area contributed by atoms with Crippen LogP contribution >= 0.6 is 0 Å². The summed E-state index contributed by atoms with van der Waals surface area (Å²) >= 11 is 0. The van der Waals surface area contributed by atoms with Gasteiger partial charge in [-0.1, -0.05) is 19.1 Å². The van der Waals surface area contributed by atoms with Crippen molar-refractivity contribution < 1.29 is 13.2 Å². The zero-order valence-electron chi connectivity index (χ0n) is 10.4. The lowest BCUT2D eigenvalue weighted by Gasteiger charge is -2.05. The summed E-state index contributed by atoms with van der Waals surface area (Å²) in [7, 11) is -3.07. The van der Waals surface area contributed by atoms with Gasteiger partial charge in [0.15, 0.2) is 5.78 Å². The molecule has 1 aliphatic heterocycles. The molecule has 0 atom stereocenters. The van der Waals surface area contributed by atoms with Crippen molar-refractivity contribution in [1.29, 1.82) is 0 Å². The van der Waals surface area contributed by atoms with Gasteiger partial charge >= 0.3 is 0 Å². The van der Waals surface area contributed by atoms with E-state index in [0.717, 1.165) is 18.7 Å². The van der Waals surface area contributed by atoms with Gasteiger partial charge in [-0.2, -0.15) is 0 Å². The number of sulfone groups is 1. The zero-order chi connectivity index (χ0) is 13.2. The van der Waals surface area contributed by atoms with Gasteiger partial charge in [-0.3, -0.25) is 4.79 Å². The van der Waals surface area contributed by atoms with Crippen LogP contribution in [0.3, 0.4) is 0 Å². The summed E-state index contributed by atoms with van der Waals surface area (Å²) in [5.74, 6) is -0.0812. The zero-order valence-corrected chi connectivity index (χ0v) is 11.2. The molecule has 0 bridgehead atoms. The minimum absolute atomic E-state index is 0.0627. The summed E-state index contributed by atoms with van der Waals surface area (Å²) in [6, 6.07) is 5.55. The first-order chi connectivity index (χ1) is 8.52. The molecule has 0 amide bonds. The third-order valence-electron chi connectivity index (χ3n) is 3.22. The Bertz CT molecular complexity index is 564. The van der Waals surface area contributed by atoms with Crippen molar-refractivity contribution in [2.24, 2.45) is 0 Å². The maximum absolute atomic E-state index is 11.9. The third-order valence-corrected chi connectivity index (χ3v) is 4.93. The van der Waals surface area contributed by atoms with Crippen LogP contribution in [-0.2, 0) is 16.3 Å². The van der Waals surface area contributed by atoms with Gasteiger partial charge in [-0.25, -0.2) is 8.42 Å². The van der Waals surface area contributed by atoms with Crippen molar-refractivity contribution in [2.45, 2.75) is 19.8 Å². The Hall–Kier alpha value is -1.36. The second kappa shape index (κ2) is 5.10. The van der Waals surface area contributed by atoms with E-state index in [1.807, 2.05) is 12.1 Å². The standard InChI is InChI=1S/C13H17NO3S/c1-2-18(16,17)8-6-13(15)11-4-3-10-5-7-14-12(10)9-11/h3-4,9,14H,2,5-8H2,1H3. The normalized spacial score (nSPS) is 14.1. The van der Waals surface area contributed by atoms with Crippen LogP contribution in [0.1, 0.15) is 29.3 Å². The Morgan fingerprint density at radius 2 is 2.17 bits per heavy atom. The van der Waals surface area contributed by atoms with Crippen molar-refractivity contribution in [3.05, 3.63) is 29.3 Å². The number of carbonyl (C=O) groups is 1. The van der Waals surface area contributed by atoms with E-state index in [1.54, 1.807) is 13.0 Å². The Balaban J connectivity index is 2.06. The van der Waals surface area contributed by atoms with Crippen LogP contribution < -0.4 is 5.32 Å². The van der Waals surface area contributed by atoms with Gasteiger partial charge in [0.05, 0.1) is 5.75 Å². The minimum atomic E-state index is -3.07. The number of carbonyl (C=O) groups excluding carboxylic acids is 1. The summed E-state index contributed by atoms with van der Waals surface area (Å²) in [6.07, 6.45) is 1.04. The van der Waals surface area contributed by atoms with Crippen molar-refractivity contribution in [3.8, 4) is 0 Å². The summed E-state index contributed by atoms with van der Waals surface area (Å²) in [5.41, 5.74) is 2.81. The first-order valence-electron chi connectivity index (χ1n) is 6.12. The molecule has 4 nitrogen and oxygen atoms in total. The molecule has 18 heavy (non-hydrogen) atoms. The van der Waals surface area contributed by atoms with Crippen LogP contribution in [0, 0.1) is 0 Å².